The van der Waals surface area contributed by atoms with E-state index in [-0.39, 0.29) is 0 Å². The first-order chi connectivity index (χ1) is 6.88. The molecule has 0 aromatic heterocycles. The molecule has 0 radical (unpaired) electrons. The molecule has 3 nitrogen and oxygen atoms in total. The smallest absolute Gasteiger partial charge is 0.0558 e. The Balaban J connectivity index is 2.22. The van der Waals surface area contributed by atoms with E-state index in [2.05, 4.69) is 4.90 Å². The van der Waals surface area contributed by atoms with Crippen LogP contribution in [0.2, 0.25) is 0 Å². The molecule has 1 fully saturated rings. The summed E-state index contributed by atoms with van der Waals surface area (Å²) >= 11 is 0. The van der Waals surface area contributed by atoms with Crippen molar-refractivity contribution in [1.82, 2.24) is 4.90 Å². The second-order valence-corrected chi connectivity index (χ2v) is 4.19. The molecule has 0 aliphatic heterocycles. The van der Waals surface area contributed by atoms with E-state index in [0.717, 1.165) is 32.1 Å². The van der Waals surface area contributed by atoms with Gasteiger partial charge in [-0.25, -0.2) is 0 Å². The molecule has 0 amide bonds. The van der Waals surface area contributed by atoms with Crippen LogP contribution in [-0.4, -0.2) is 42.3 Å². The minimum Gasteiger partial charge on any atom is -0.395 e. The normalized spacial score (nSPS) is 18.2. The fraction of sp³-hybridized carbons (Fsp3) is 1.00. The molecule has 0 atom stereocenters. The van der Waals surface area contributed by atoms with Gasteiger partial charge in [0.25, 0.3) is 0 Å². The number of aliphatic hydroxyl groups excluding tert-OH is 1. The highest BCUT2D eigenvalue weighted by Gasteiger charge is 2.21. The van der Waals surface area contributed by atoms with Crippen LogP contribution in [0.1, 0.15) is 38.5 Å². The Morgan fingerprint density at radius 3 is 2.43 bits per heavy atom. The number of hydrogen-bond donors (Lipinski definition) is 2. The molecular formula is C11H24N2O. The molecule has 0 spiro atoms. The van der Waals surface area contributed by atoms with Crippen LogP contribution >= 0.6 is 0 Å². The highest BCUT2D eigenvalue weighted by molar-refractivity contribution is 4.77. The van der Waals surface area contributed by atoms with Crippen molar-refractivity contribution in [3.05, 3.63) is 0 Å². The maximum Gasteiger partial charge on any atom is 0.0558 e. The van der Waals surface area contributed by atoms with Crippen molar-refractivity contribution in [2.75, 3.05) is 26.2 Å². The first kappa shape index (κ1) is 12.0. The van der Waals surface area contributed by atoms with Gasteiger partial charge in [0.15, 0.2) is 0 Å². The van der Waals surface area contributed by atoms with Gasteiger partial charge in [-0.1, -0.05) is 12.8 Å². The number of aliphatic hydroxyl groups is 1. The van der Waals surface area contributed by atoms with Gasteiger partial charge in [-0.3, -0.25) is 4.90 Å². The van der Waals surface area contributed by atoms with Crippen molar-refractivity contribution in [1.29, 1.82) is 0 Å². The molecular weight excluding hydrogens is 176 g/mol. The molecule has 0 aromatic carbocycles. The van der Waals surface area contributed by atoms with Crippen molar-refractivity contribution in [3.63, 3.8) is 0 Å². The van der Waals surface area contributed by atoms with Crippen LogP contribution in [0.25, 0.3) is 0 Å². The average molecular weight is 200 g/mol. The topological polar surface area (TPSA) is 49.5 Å². The van der Waals surface area contributed by atoms with Gasteiger partial charge in [0, 0.05) is 12.6 Å². The molecule has 0 unspecified atom stereocenters. The van der Waals surface area contributed by atoms with Crippen molar-refractivity contribution in [3.8, 4) is 0 Å². The van der Waals surface area contributed by atoms with Gasteiger partial charge in [0.2, 0.25) is 0 Å². The van der Waals surface area contributed by atoms with Gasteiger partial charge < -0.3 is 10.8 Å². The van der Waals surface area contributed by atoms with Gasteiger partial charge in [0.1, 0.15) is 0 Å². The Hall–Kier alpha value is -0.120. The van der Waals surface area contributed by atoms with Crippen LogP contribution < -0.4 is 5.73 Å². The van der Waals surface area contributed by atoms with Crippen LogP contribution in [0.5, 0.6) is 0 Å². The summed E-state index contributed by atoms with van der Waals surface area (Å²) in [5.41, 5.74) is 5.47. The van der Waals surface area contributed by atoms with Crippen LogP contribution in [0.3, 0.4) is 0 Å². The lowest BCUT2D eigenvalue weighted by Gasteiger charge is -2.27. The summed E-state index contributed by atoms with van der Waals surface area (Å²) in [7, 11) is 0. The lowest BCUT2D eigenvalue weighted by molar-refractivity contribution is 0.149. The third kappa shape index (κ3) is 3.95. The third-order valence-corrected chi connectivity index (χ3v) is 3.13. The van der Waals surface area contributed by atoms with Gasteiger partial charge in [-0.15, -0.1) is 0 Å². The molecule has 3 N–H and O–H groups in total. The van der Waals surface area contributed by atoms with Crippen LogP contribution in [0, 0.1) is 0 Å². The van der Waals surface area contributed by atoms with E-state index in [4.69, 9.17) is 10.8 Å². The van der Waals surface area contributed by atoms with Gasteiger partial charge in [0.05, 0.1) is 6.61 Å². The number of nitrogens with two attached hydrogens (primary N) is 1. The van der Waals surface area contributed by atoms with Crippen molar-refractivity contribution in [2.45, 2.75) is 44.6 Å². The van der Waals surface area contributed by atoms with Crippen LogP contribution in [-0.2, 0) is 0 Å². The SMILES string of the molecule is NCCCCN(CCO)C1CCCC1. The molecule has 1 aliphatic rings. The minimum absolute atomic E-state index is 0.291. The van der Waals surface area contributed by atoms with Gasteiger partial charge in [-0.2, -0.15) is 0 Å². The number of unbranched alkanes of at least 4 members (excludes halogenated alkanes) is 1. The quantitative estimate of drug-likeness (QED) is 0.602. The van der Waals surface area contributed by atoms with Crippen LogP contribution in [0.15, 0.2) is 0 Å². The van der Waals surface area contributed by atoms with Crippen molar-refractivity contribution < 1.29 is 5.11 Å². The molecule has 1 saturated carbocycles. The first-order valence-electron chi connectivity index (χ1n) is 5.93. The highest BCUT2D eigenvalue weighted by Crippen LogP contribution is 2.23. The molecule has 0 bridgehead atoms. The zero-order valence-corrected chi connectivity index (χ0v) is 9.12. The summed E-state index contributed by atoms with van der Waals surface area (Å²) in [5, 5.41) is 8.99. The molecule has 1 rings (SSSR count). The Labute approximate surface area is 87.3 Å². The van der Waals surface area contributed by atoms with Crippen molar-refractivity contribution in [2.24, 2.45) is 5.73 Å². The fourth-order valence-corrected chi connectivity index (χ4v) is 2.33. The van der Waals surface area contributed by atoms with E-state index in [1.54, 1.807) is 0 Å². The van der Waals surface area contributed by atoms with Crippen LogP contribution in [0.4, 0.5) is 0 Å². The zero-order chi connectivity index (χ0) is 10.2. The van der Waals surface area contributed by atoms with E-state index >= 15 is 0 Å². The highest BCUT2D eigenvalue weighted by atomic mass is 16.3. The summed E-state index contributed by atoms with van der Waals surface area (Å²) in [6, 6.07) is 0.736. The summed E-state index contributed by atoms with van der Waals surface area (Å²) in [6.45, 7) is 3.04. The predicted molar refractivity (Wildman–Crippen MR) is 59.2 cm³/mol. The van der Waals surface area contributed by atoms with E-state index in [1.165, 1.54) is 32.1 Å². The van der Waals surface area contributed by atoms with Crippen molar-refractivity contribution >= 4 is 0 Å². The lowest BCUT2D eigenvalue weighted by Crippen LogP contribution is -2.36. The summed E-state index contributed by atoms with van der Waals surface area (Å²) in [5.74, 6) is 0. The van der Waals surface area contributed by atoms with Gasteiger partial charge in [-0.05, 0) is 38.8 Å². The Morgan fingerprint density at radius 2 is 1.86 bits per heavy atom. The standard InChI is InChI=1S/C11H24N2O/c12-7-3-4-8-13(9-10-14)11-5-1-2-6-11/h11,14H,1-10,12H2. The molecule has 3 heteroatoms. The monoisotopic (exact) mass is 200 g/mol. The first-order valence-corrected chi connectivity index (χ1v) is 5.93. The fourth-order valence-electron chi connectivity index (χ4n) is 2.33. The molecule has 1 aliphatic carbocycles. The second-order valence-electron chi connectivity index (χ2n) is 4.19. The minimum atomic E-state index is 0.291. The molecule has 0 heterocycles. The largest absolute Gasteiger partial charge is 0.395 e. The van der Waals surface area contributed by atoms with E-state index in [1.807, 2.05) is 0 Å². The third-order valence-electron chi connectivity index (χ3n) is 3.13. The molecule has 84 valence electrons. The maximum atomic E-state index is 8.99. The Morgan fingerprint density at radius 1 is 1.14 bits per heavy atom. The molecule has 14 heavy (non-hydrogen) atoms. The van der Waals surface area contributed by atoms with E-state index in [0.29, 0.717) is 6.61 Å². The van der Waals surface area contributed by atoms with Gasteiger partial charge >= 0.3 is 0 Å². The summed E-state index contributed by atoms with van der Waals surface area (Å²) in [4.78, 5) is 2.45. The maximum absolute atomic E-state index is 8.99. The van der Waals surface area contributed by atoms with E-state index in [9.17, 15) is 0 Å². The Kier molecular flexibility index (Phi) is 6.15. The Bertz CT molecular complexity index is 135. The van der Waals surface area contributed by atoms with E-state index < -0.39 is 0 Å². The average Bonchev–Trinajstić information content (AvgIpc) is 2.70. The molecule has 0 saturated heterocycles. The predicted octanol–water partition coefficient (Wildman–Crippen LogP) is 0.962. The number of rotatable bonds is 7. The molecule has 0 aromatic rings. The number of hydrogen-bond acceptors (Lipinski definition) is 3. The lowest BCUT2D eigenvalue weighted by atomic mass is 10.2. The summed E-state index contributed by atoms with van der Waals surface area (Å²) < 4.78 is 0. The second kappa shape index (κ2) is 7.21. The summed E-state index contributed by atoms with van der Waals surface area (Å²) in [6.07, 6.45) is 7.65. The zero-order valence-electron chi connectivity index (χ0n) is 9.12. The number of nitrogens with zero attached hydrogens (tertiary/aromatic N) is 1.